The van der Waals surface area contributed by atoms with E-state index in [-0.39, 0.29) is 0 Å². The summed E-state index contributed by atoms with van der Waals surface area (Å²) < 4.78 is 0. The summed E-state index contributed by atoms with van der Waals surface area (Å²) in [6.45, 7) is 4.35. The van der Waals surface area contributed by atoms with E-state index in [1.165, 1.54) is 66.1 Å². The molecule has 0 heterocycles. The zero-order valence-electron chi connectivity index (χ0n) is 19.5. The Balaban J connectivity index is 1.58. The van der Waals surface area contributed by atoms with Crippen LogP contribution in [0.5, 0.6) is 0 Å². The van der Waals surface area contributed by atoms with Crippen molar-refractivity contribution in [3.63, 3.8) is 0 Å². The van der Waals surface area contributed by atoms with Gasteiger partial charge in [-0.25, -0.2) is 0 Å². The van der Waals surface area contributed by atoms with Gasteiger partial charge in [0.25, 0.3) is 0 Å². The molecule has 0 aliphatic heterocycles. The Morgan fingerprint density at radius 1 is 0.294 bits per heavy atom. The Labute approximate surface area is 201 Å². The van der Waals surface area contributed by atoms with Crippen LogP contribution in [0.15, 0.2) is 121 Å². The lowest BCUT2D eigenvalue weighted by Gasteiger charge is -2.13. The minimum absolute atomic E-state index is 1.24. The lowest BCUT2D eigenvalue weighted by Crippen LogP contribution is -1.88. The van der Waals surface area contributed by atoms with Gasteiger partial charge >= 0.3 is 0 Å². The summed E-state index contributed by atoms with van der Waals surface area (Å²) in [5.74, 6) is 0. The molecule has 0 aliphatic rings. The summed E-state index contributed by atoms with van der Waals surface area (Å²) in [7, 11) is 0. The molecule has 0 saturated heterocycles. The lowest BCUT2D eigenvalue weighted by molar-refractivity contribution is 1.38. The van der Waals surface area contributed by atoms with Crippen LogP contribution in [0, 0.1) is 13.8 Å². The molecule has 0 N–H and O–H groups in total. The van der Waals surface area contributed by atoms with Crippen LogP contribution in [-0.4, -0.2) is 0 Å². The van der Waals surface area contributed by atoms with Crippen molar-refractivity contribution in [1.82, 2.24) is 0 Å². The third-order valence-corrected chi connectivity index (χ3v) is 6.65. The molecular formula is C34H26. The van der Waals surface area contributed by atoms with Crippen molar-refractivity contribution in [3.05, 3.63) is 132 Å². The maximum Gasteiger partial charge on any atom is -0.0171 e. The predicted molar refractivity (Wildman–Crippen MR) is 147 cm³/mol. The molecule has 0 saturated carbocycles. The molecule has 0 aromatic heterocycles. The molecule has 34 heavy (non-hydrogen) atoms. The normalized spacial score (nSPS) is 11.2. The molecule has 0 nitrogen and oxygen atoms in total. The quantitative estimate of drug-likeness (QED) is 0.260. The minimum atomic E-state index is 1.24. The van der Waals surface area contributed by atoms with Crippen molar-refractivity contribution < 1.29 is 0 Å². The van der Waals surface area contributed by atoms with Gasteiger partial charge in [0, 0.05) is 0 Å². The van der Waals surface area contributed by atoms with Crippen LogP contribution in [0.3, 0.4) is 0 Å². The average Bonchev–Trinajstić information content (AvgIpc) is 2.87. The van der Waals surface area contributed by atoms with Crippen molar-refractivity contribution in [1.29, 1.82) is 0 Å². The summed E-state index contributed by atoms with van der Waals surface area (Å²) in [6.07, 6.45) is 0. The molecule has 6 aromatic rings. The van der Waals surface area contributed by atoms with E-state index in [9.17, 15) is 0 Å². The topological polar surface area (TPSA) is 0 Å². The van der Waals surface area contributed by atoms with Crippen LogP contribution in [0.25, 0.3) is 54.9 Å². The summed E-state index contributed by atoms with van der Waals surface area (Å²) in [4.78, 5) is 0. The van der Waals surface area contributed by atoms with Gasteiger partial charge in [-0.05, 0) is 99.1 Å². The van der Waals surface area contributed by atoms with E-state index in [2.05, 4.69) is 135 Å². The molecule has 6 aromatic carbocycles. The van der Waals surface area contributed by atoms with Gasteiger partial charge in [-0.1, -0.05) is 102 Å². The van der Waals surface area contributed by atoms with Gasteiger partial charge in [-0.15, -0.1) is 0 Å². The molecule has 0 radical (unpaired) electrons. The molecule has 6 rings (SSSR count). The fourth-order valence-corrected chi connectivity index (χ4v) is 5.01. The first-order valence-electron chi connectivity index (χ1n) is 11.8. The Morgan fingerprint density at radius 3 is 1.15 bits per heavy atom. The summed E-state index contributed by atoms with van der Waals surface area (Å²) >= 11 is 0. The highest BCUT2D eigenvalue weighted by Gasteiger charge is 2.10. The van der Waals surface area contributed by atoms with E-state index in [0.29, 0.717) is 0 Å². The van der Waals surface area contributed by atoms with Gasteiger partial charge in [-0.2, -0.15) is 0 Å². The first kappa shape index (κ1) is 20.4. The molecule has 0 fully saturated rings. The fraction of sp³-hybridized carbons (Fsp3) is 0.0588. The number of aryl methyl sites for hydroxylation is 2. The van der Waals surface area contributed by atoms with E-state index < -0.39 is 0 Å². The average molecular weight is 435 g/mol. The summed E-state index contributed by atoms with van der Waals surface area (Å²) in [5.41, 5.74) is 10.1. The van der Waals surface area contributed by atoms with Gasteiger partial charge < -0.3 is 0 Å². The van der Waals surface area contributed by atoms with Gasteiger partial charge in [0.15, 0.2) is 0 Å². The van der Waals surface area contributed by atoms with E-state index in [1.807, 2.05) is 0 Å². The third kappa shape index (κ3) is 3.89. The van der Waals surface area contributed by atoms with Gasteiger partial charge in [0.05, 0.1) is 0 Å². The second-order valence-electron chi connectivity index (χ2n) is 9.30. The summed E-state index contributed by atoms with van der Waals surface area (Å²) in [6, 6.07) is 44.5. The van der Waals surface area contributed by atoms with Crippen molar-refractivity contribution >= 4 is 21.5 Å². The van der Waals surface area contributed by atoms with Crippen molar-refractivity contribution in [2.45, 2.75) is 13.8 Å². The van der Waals surface area contributed by atoms with Gasteiger partial charge in [0.2, 0.25) is 0 Å². The van der Waals surface area contributed by atoms with Crippen molar-refractivity contribution in [2.75, 3.05) is 0 Å². The Kier molecular flexibility index (Phi) is 5.00. The van der Waals surface area contributed by atoms with E-state index in [1.54, 1.807) is 0 Å². The SMILES string of the molecule is Cc1cc(C)cc(-c2cc(-c3ccc4ccccc4c3)cc(-c3ccc4ccccc4c3)c2)c1. The molecule has 0 spiro atoms. The Hall–Kier alpha value is -4.16. The highest BCUT2D eigenvalue weighted by atomic mass is 14.1. The second kappa shape index (κ2) is 8.32. The maximum atomic E-state index is 2.34. The number of hydrogen-bond donors (Lipinski definition) is 0. The molecule has 0 aliphatic carbocycles. The van der Waals surface area contributed by atoms with Crippen molar-refractivity contribution in [2.24, 2.45) is 0 Å². The molecular weight excluding hydrogens is 408 g/mol. The van der Waals surface area contributed by atoms with Crippen LogP contribution in [0.2, 0.25) is 0 Å². The monoisotopic (exact) mass is 434 g/mol. The number of rotatable bonds is 3. The van der Waals surface area contributed by atoms with Gasteiger partial charge in [0.1, 0.15) is 0 Å². The fourth-order valence-electron chi connectivity index (χ4n) is 5.01. The van der Waals surface area contributed by atoms with Crippen LogP contribution in [0.4, 0.5) is 0 Å². The zero-order valence-corrected chi connectivity index (χ0v) is 19.5. The smallest absolute Gasteiger partial charge is 0.0171 e. The Bertz CT molecular complexity index is 1550. The van der Waals surface area contributed by atoms with Crippen LogP contribution in [-0.2, 0) is 0 Å². The maximum absolute atomic E-state index is 2.34. The third-order valence-electron chi connectivity index (χ3n) is 6.65. The van der Waals surface area contributed by atoms with Crippen LogP contribution < -0.4 is 0 Å². The number of benzene rings is 6. The molecule has 162 valence electrons. The predicted octanol–water partition coefficient (Wildman–Crippen LogP) is 9.61. The largest absolute Gasteiger partial charge is 0.0616 e. The molecule has 0 unspecified atom stereocenters. The summed E-state index contributed by atoms with van der Waals surface area (Å²) in [5, 5.41) is 5.08. The first-order valence-corrected chi connectivity index (χ1v) is 11.8. The van der Waals surface area contributed by atoms with Gasteiger partial charge in [-0.3, -0.25) is 0 Å². The van der Waals surface area contributed by atoms with E-state index in [4.69, 9.17) is 0 Å². The number of fused-ring (bicyclic) bond motifs is 2. The first-order chi connectivity index (χ1) is 16.6. The number of hydrogen-bond acceptors (Lipinski definition) is 0. The van der Waals surface area contributed by atoms with E-state index in [0.717, 1.165) is 0 Å². The Morgan fingerprint density at radius 2 is 0.676 bits per heavy atom. The highest BCUT2D eigenvalue weighted by molar-refractivity contribution is 5.91. The molecule has 0 bridgehead atoms. The molecule has 0 heteroatoms. The lowest BCUT2D eigenvalue weighted by atomic mass is 9.91. The van der Waals surface area contributed by atoms with E-state index >= 15 is 0 Å². The standard InChI is InChI=1S/C34H26/c1-23-15-24(2)17-31(16-23)34-21-32(29-13-11-25-7-3-5-9-27(25)18-29)20-33(22-34)30-14-12-26-8-4-6-10-28(26)19-30/h3-22H,1-2H3. The van der Waals surface area contributed by atoms with Crippen molar-refractivity contribution in [3.8, 4) is 33.4 Å². The highest BCUT2D eigenvalue weighted by Crippen LogP contribution is 2.35. The minimum Gasteiger partial charge on any atom is -0.0616 e. The van der Waals surface area contributed by atoms with Crippen LogP contribution in [0.1, 0.15) is 11.1 Å². The molecule has 0 amide bonds. The molecule has 0 atom stereocenters. The second-order valence-corrected chi connectivity index (χ2v) is 9.30. The zero-order chi connectivity index (χ0) is 23.1. The van der Waals surface area contributed by atoms with Crippen LogP contribution >= 0.6 is 0 Å².